The van der Waals surface area contributed by atoms with Gasteiger partial charge in [0.2, 0.25) is 0 Å². The van der Waals surface area contributed by atoms with E-state index in [0.717, 1.165) is 12.8 Å². The molecule has 0 bridgehead atoms. The lowest BCUT2D eigenvalue weighted by atomic mass is 10.2. The summed E-state index contributed by atoms with van der Waals surface area (Å²) in [5.74, 6) is 0.442. The van der Waals surface area contributed by atoms with E-state index in [4.69, 9.17) is 20.9 Å². The van der Waals surface area contributed by atoms with Crippen LogP contribution in [0, 0.1) is 5.82 Å². The van der Waals surface area contributed by atoms with E-state index in [1.165, 1.54) is 19.2 Å². The Labute approximate surface area is 115 Å². The lowest BCUT2D eigenvalue weighted by molar-refractivity contribution is 0.386. The van der Waals surface area contributed by atoms with Gasteiger partial charge in [-0.2, -0.15) is 4.98 Å². The Morgan fingerprint density at radius 1 is 1.47 bits per heavy atom. The van der Waals surface area contributed by atoms with E-state index in [-0.39, 0.29) is 11.1 Å². The van der Waals surface area contributed by atoms with Crippen LogP contribution in [-0.4, -0.2) is 17.3 Å². The molecule has 1 heterocycles. The first-order valence-corrected chi connectivity index (χ1v) is 6.41. The SMILES string of the molecule is CCCC(Cl)c1noc(-c2ccc(F)c(OC)c2)n1. The van der Waals surface area contributed by atoms with Gasteiger partial charge in [-0.1, -0.05) is 18.5 Å². The van der Waals surface area contributed by atoms with Crippen LogP contribution >= 0.6 is 11.6 Å². The van der Waals surface area contributed by atoms with Gasteiger partial charge in [-0.3, -0.25) is 0 Å². The summed E-state index contributed by atoms with van der Waals surface area (Å²) in [7, 11) is 1.40. The highest BCUT2D eigenvalue weighted by Crippen LogP contribution is 2.28. The molecule has 102 valence electrons. The van der Waals surface area contributed by atoms with E-state index >= 15 is 0 Å². The molecule has 0 N–H and O–H groups in total. The van der Waals surface area contributed by atoms with Crippen LogP contribution in [0.15, 0.2) is 22.7 Å². The first-order chi connectivity index (χ1) is 9.15. The van der Waals surface area contributed by atoms with E-state index in [1.54, 1.807) is 6.07 Å². The van der Waals surface area contributed by atoms with Crippen LogP contribution in [0.4, 0.5) is 4.39 Å². The molecule has 0 spiro atoms. The third-order valence-electron chi connectivity index (χ3n) is 2.66. The topological polar surface area (TPSA) is 48.2 Å². The van der Waals surface area contributed by atoms with Crippen LogP contribution in [0.3, 0.4) is 0 Å². The second-order valence-corrected chi connectivity index (χ2v) is 4.59. The molecule has 0 saturated carbocycles. The minimum atomic E-state index is -0.438. The molecule has 2 rings (SSSR count). The van der Waals surface area contributed by atoms with E-state index in [0.29, 0.717) is 17.3 Å². The van der Waals surface area contributed by atoms with E-state index in [2.05, 4.69) is 10.1 Å². The van der Waals surface area contributed by atoms with Crippen molar-refractivity contribution in [1.82, 2.24) is 10.1 Å². The summed E-state index contributed by atoms with van der Waals surface area (Å²) in [6.07, 6.45) is 1.70. The van der Waals surface area contributed by atoms with Gasteiger partial charge in [0.05, 0.1) is 12.5 Å². The molecule has 4 nitrogen and oxygen atoms in total. The summed E-state index contributed by atoms with van der Waals surface area (Å²) in [5.41, 5.74) is 0.595. The number of benzene rings is 1. The van der Waals surface area contributed by atoms with Gasteiger partial charge in [0, 0.05) is 5.56 Å². The zero-order valence-corrected chi connectivity index (χ0v) is 11.4. The molecule has 0 saturated heterocycles. The van der Waals surface area contributed by atoms with Gasteiger partial charge in [0.1, 0.15) is 0 Å². The first kappa shape index (κ1) is 13.8. The number of halogens is 2. The number of hydrogen-bond acceptors (Lipinski definition) is 4. The van der Waals surface area contributed by atoms with E-state index < -0.39 is 5.82 Å². The predicted octanol–water partition coefficient (Wildman–Crippen LogP) is 3.96. The average Bonchev–Trinajstić information content (AvgIpc) is 2.89. The van der Waals surface area contributed by atoms with Crippen molar-refractivity contribution in [3.05, 3.63) is 29.8 Å². The summed E-state index contributed by atoms with van der Waals surface area (Å²) in [4.78, 5) is 4.22. The fourth-order valence-corrected chi connectivity index (χ4v) is 1.96. The number of methoxy groups -OCH3 is 1. The van der Waals surface area contributed by atoms with Crippen LogP contribution in [0.2, 0.25) is 0 Å². The number of hydrogen-bond donors (Lipinski definition) is 0. The van der Waals surface area contributed by atoms with Gasteiger partial charge in [-0.15, -0.1) is 11.6 Å². The largest absolute Gasteiger partial charge is 0.494 e. The molecule has 6 heteroatoms. The second kappa shape index (κ2) is 6.02. The lowest BCUT2D eigenvalue weighted by Crippen LogP contribution is -1.93. The smallest absolute Gasteiger partial charge is 0.258 e. The molecule has 1 aromatic heterocycles. The standard InChI is InChI=1S/C13H14ClFN2O2/c1-3-4-9(14)12-16-13(19-17-12)8-5-6-10(15)11(7-8)18-2/h5-7,9H,3-4H2,1-2H3. The summed E-state index contributed by atoms with van der Waals surface area (Å²) in [6, 6.07) is 4.36. The van der Waals surface area contributed by atoms with Crippen LogP contribution in [0.25, 0.3) is 11.5 Å². The Morgan fingerprint density at radius 2 is 2.26 bits per heavy atom. The molecule has 2 aromatic rings. The molecule has 0 fully saturated rings. The summed E-state index contributed by atoms with van der Waals surface area (Å²) in [5, 5.41) is 3.56. The maximum atomic E-state index is 13.3. The van der Waals surface area contributed by atoms with Crippen LogP contribution in [-0.2, 0) is 0 Å². The van der Waals surface area contributed by atoms with Gasteiger partial charge < -0.3 is 9.26 Å². The van der Waals surface area contributed by atoms with Gasteiger partial charge in [0.25, 0.3) is 5.89 Å². The van der Waals surface area contributed by atoms with Crippen molar-refractivity contribution in [2.24, 2.45) is 0 Å². The number of ether oxygens (including phenoxy) is 1. The van der Waals surface area contributed by atoms with Crippen LogP contribution in [0.5, 0.6) is 5.75 Å². The molecule has 0 radical (unpaired) electrons. The van der Waals surface area contributed by atoms with Crippen molar-refractivity contribution < 1.29 is 13.7 Å². The highest BCUT2D eigenvalue weighted by Gasteiger charge is 2.16. The van der Waals surface area contributed by atoms with Crippen molar-refractivity contribution in [2.45, 2.75) is 25.1 Å². The highest BCUT2D eigenvalue weighted by molar-refractivity contribution is 6.20. The molecule has 0 aliphatic heterocycles. The third-order valence-corrected chi connectivity index (χ3v) is 3.08. The average molecular weight is 285 g/mol. The molecule has 0 amide bonds. The third kappa shape index (κ3) is 3.04. The van der Waals surface area contributed by atoms with Crippen molar-refractivity contribution in [3.63, 3.8) is 0 Å². The van der Waals surface area contributed by atoms with Crippen LogP contribution in [0.1, 0.15) is 31.0 Å². The Hall–Kier alpha value is -1.62. The molecular formula is C13H14ClFN2O2. The molecule has 1 aromatic carbocycles. The first-order valence-electron chi connectivity index (χ1n) is 5.97. The van der Waals surface area contributed by atoms with Gasteiger partial charge in [-0.05, 0) is 24.6 Å². The predicted molar refractivity (Wildman–Crippen MR) is 69.7 cm³/mol. The molecular weight excluding hydrogens is 271 g/mol. The van der Waals surface area contributed by atoms with Crippen molar-refractivity contribution >= 4 is 11.6 Å². The molecule has 1 unspecified atom stereocenters. The van der Waals surface area contributed by atoms with Crippen molar-refractivity contribution in [3.8, 4) is 17.2 Å². The monoisotopic (exact) mass is 284 g/mol. The fourth-order valence-electron chi connectivity index (χ4n) is 1.65. The van der Waals surface area contributed by atoms with Gasteiger partial charge in [-0.25, -0.2) is 4.39 Å². The second-order valence-electron chi connectivity index (χ2n) is 4.06. The maximum Gasteiger partial charge on any atom is 0.258 e. The quantitative estimate of drug-likeness (QED) is 0.780. The Balaban J connectivity index is 2.27. The van der Waals surface area contributed by atoms with Crippen molar-refractivity contribution in [2.75, 3.05) is 7.11 Å². The number of nitrogens with zero attached hydrogens (tertiary/aromatic N) is 2. The number of alkyl halides is 1. The zero-order chi connectivity index (χ0) is 13.8. The Morgan fingerprint density at radius 3 is 2.95 bits per heavy atom. The van der Waals surface area contributed by atoms with Gasteiger partial charge in [0.15, 0.2) is 17.4 Å². The van der Waals surface area contributed by atoms with Crippen molar-refractivity contribution in [1.29, 1.82) is 0 Å². The Kier molecular flexibility index (Phi) is 4.37. The minimum Gasteiger partial charge on any atom is -0.494 e. The molecule has 0 aliphatic rings. The summed E-state index contributed by atoms with van der Waals surface area (Å²) in [6.45, 7) is 2.03. The highest BCUT2D eigenvalue weighted by atomic mass is 35.5. The fraction of sp³-hybridized carbons (Fsp3) is 0.385. The minimum absolute atomic E-state index is 0.133. The zero-order valence-electron chi connectivity index (χ0n) is 10.7. The molecule has 0 aliphatic carbocycles. The molecule has 1 atom stereocenters. The lowest BCUT2D eigenvalue weighted by Gasteiger charge is -2.02. The summed E-state index contributed by atoms with van der Waals surface area (Å²) < 4.78 is 23.3. The van der Waals surface area contributed by atoms with Crippen LogP contribution < -0.4 is 4.74 Å². The Bertz CT molecular complexity index is 559. The number of rotatable bonds is 5. The summed E-state index contributed by atoms with van der Waals surface area (Å²) >= 11 is 6.12. The van der Waals surface area contributed by atoms with E-state index in [9.17, 15) is 4.39 Å². The maximum absolute atomic E-state index is 13.3. The van der Waals surface area contributed by atoms with E-state index in [1.807, 2.05) is 6.92 Å². The normalized spacial score (nSPS) is 12.4. The van der Waals surface area contributed by atoms with Gasteiger partial charge >= 0.3 is 0 Å². The molecule has 19 heavy (non-hydrogen) atoms. The number of aromatic nitrogens is 2.